The van der Waals surface area contributed by atoms with Crippen LogP contribution in [0.15, 0.2) is 60.1 Å². The van der Waals surface area contributed by atoms with Crippen LogP contribution in [0.3, 0.4) is 0 Å². The first-order valence-corrected chi connectivity index (χ1v) is 9.06. The molecule has 0 spiro atoms. The number of hydrogen-bond donors (Lipinski definition) is 2. The van der Waals surface area contributed by atoms with Crippen molar-refractivity contribution in [2.24, 2.45) is 0 Å². The van der Waals surface area contributed by atoms with Crippen LogP contribution in [-0.2, 0) is 14.3 Å². The minimum absolute atomic E-state index is 0.0623. The van der Waals surface area contributed by atoms with Crippen molar-refractivity contribution in [3.8, 4) is 11.3 Å². The van der Waals surface area contributed by atoms with Crippen LogP contribution in [0.25, 0.3) is 11.3 Å². The highest BCUT2D eigenvalue weighted by atomic mass is 32.1. The van der Waals surface area contributed by atoms with E-state index in [9.17, 15) is 4.79 Å². The van der Waals surface area contributed by atoms with Gasteiger partial charge in [-0.1, -0.05) is 6.07 Å². The standard InChI is InChI=1S/C19H16N4O3S/c1-12-4-5-14(21-18(24)17-9-25-11-26-17)7-15(12)22-19-23-16(10-27-19)13-3-2-6-20-8-13/h2-10H,11H2,1H3,(H,21,24)(H,22,23). The van der Waals surface area contributed by atoms with Gasteiger partial charge < -0.3 is 20.1 Å². The molecule has 1 amide bonds. The van der Waals surface area contributed by atoms with E-state index in [1.807, 2.05) is 42.6 Å². The lowest BCUT2D eigenvalue weighted by Crippen LogP contribution is -2.14. The van der Waals surface area contributed by atoms with Gasteiger partial charge in [-0.3, -0.25) is 9.78 Å². The number of benzene rings is 1. The molecule has 136 valence electrons. The quantitative estimate of drug-likeness (QED) is 0.695. The Labute approximate surface area is 159 Å². The Morgan fingerprint density at radius 1 is 1.30 bits per heavy atom. The van der Waals surface area contributed by atoms with E-state index in [2.05, 4.69) is 20.6 Å². The zero-order valence-corrected chi connectivity index (χ0v) is 15.2. The summed E-state index contributed by atoms with van der Waals surface area (Å²) in [6.45, 7) is 2.05. The summed E-state index contributed by atoms with van der Waals surface area (Å²) < 4.78 is 9.99. The lowest BCUT2D eigenvalue weighted by Gasteiger charge is -2.10. The predicted octanol–water partition coefficient (Wildman–Crippen LogP) is 4.04. The van der Waals surface area contributed by atoms with E-state index in [0.29, 0.717) is 5.69 Å². The zero-order valence-electron chi connectivity index (χ0n) is 14.4. The third-order valence-electron chi connectivity index (χ3n) is 3.90. The number of thiazole rings is 1. The number of carbonyl (C=O) groups excluding carboxylic acids is 1. The van der Waals surface area contributed by atoms with E-state index in [-0.39, 0.29) is 18.5 Å². The van der Waals surface area contributed by atoms with E-state index in [4.69, 9.17) is 9.47 Å². The normalized spacial score (nSPS) is 12.7. The third kappa shape index (κ3) is 3.90. The summed E-state index contributed by atoms with van der Waals surface area (Å²) in [6.07, 6.45) is 4.82. The molecular formula is C19H16N4O3S. The van der Waals surface area contributed by atoms with Crippen LogP contribution in [0, 0.1) is 6.92 Å². The zero-order chi connectivity index (χ0) is 18.6. The smallest absolute Gasteiger partial charge is 0.294 e. The molecule has 0 aliphatic carbocycles. The van der Waals surface area contributed by atoms with Crippen LogP contribution in [-0.4, -0.2) is 22.7 Å². The summed E-state index contributed by atoms with van der Waals surface area (Å²) in [7, 11) is 0. The number of ether oxygens (including phenoxy) is 2. The Morgan fingerprint density at radius 3 is 3.00 bits per heavy atom. The number of hydrogen-bond acceptors (Lipinski definition) is 7. The van der Waals surface area contributed by atoms with Gasteiger partial charge in [0.25, 0.3) is 5.91 Å². The van der Waals surface area contributed by atoms with Crippen molar-refractivity contribution in [3.05, 3.63) is 65.7 Å². The van der Waals surface area contributed by atoms with Gasteiger partial charge >= 0.3 is 0 Å². The number of pyridine rings is 1. The van der Waals surface area contributed by atoms with Gasteiger partial charge in [0.05, 0.1) is 5.69 Å². The van der Waals surface area contributed by atoms with Crippen molar-refractivity contribution < 1.29 is 14.3 Å². The van der Waals surface area contributed by atoms with Gasteiger partial charge in [0, 0.05) is 34.7 Å². The molecule has 2 aromatic heterocycles. The highest BCUT2D eigenvalue weighted by Gasteiger charge is 2.16. The lowest BCUT2D eigenvalue weighted by atomic mass is 10.2. The number of aromatic nitrogens is 2. The van der Waals surface area contributed by atoms with E-state index >= 15 is 0 Å². The van der Waals surface area contributed by atoms with Gasteiger partial charge in [0.2, 0.25) is 12.6 Å². The average Bonchev–Trinajstić information content (AvgIpc) is 3.37. The molecule has 0 atom stereocenters. The van der Waals surface area contributed by atoms with Gasteiger partial charge in [-0.2, -0.15) is 0 Å². The second kappa shape index (κ2) is 7.46. The topological polar surface area (TPSA) is 85.4 Å². The van der Waals surface area contributed by atoms with Crippen LogP contribution in [0.1, 0.15) is 5.56 Å². The molecule has 7 nitrogen and oxygen atoms in total. The Hall–Kier alpha value is -3.39. The fourth-order valence-corrected chi connectivity index (χ4v) is 3.21. The van der Waals surface area contributed by atoms with Crippen molar-refractivity contribution >= 4 is 33.8 Å². The number of carbonyl (C=O) groups is 1. The fourth-order valence-electron chi connectivity index (χ4n) is 2.48. The summed E-state index contributed by atoms with van der Waals surface area (Å²) >= 11 is 1.51. The number of aryl methyl sites for hydroxylation is 1. The van der Waals surface area contributed by atoms with E-state index in [0.717, 1.165) is 27.6 Å². The summed E-state index contributed by atoms with van der Waals surface area (Å²) in [4.78, 5) is 20.8. The molecule has 3 heterocycles. The molecule has 3 aromatic rings. The highest BCUT2D eigenvalue weighted by Crippen LogP contribution is 2.29. The van der Waals surface area contributed by atoms with Gasteiger partial charge in [0.15, 0.2) is 5.13 Å². The van der Waals surface area contributed by atoms with E-state index < -0.39 is 0 Å². The molecule has 4 rings (SSSR count). The Bertz CT molecular complexity index is 1000. The Kier molecular flexibility index (Phi) is 4.71. The molecule has 27 heavy (non-hydrogen) atoms. The molecule has 0 unspecified atom stereocenters. The van der Waals surface area contributed by atoms with Crippen molar-refractivity contribution in [2.45, 2.75) is 6.92 Å². The van der Waals surface area contributed by atoms with Gasteiger partial charge in [-0.15, -0.1) is 11.3 Å². The van der Waals surface area contributed by atoms with Crippen LogP contribution in [0.4, 0.5) is 16.5 Å². The van der Waals surface area contributed by atoms with Gasteiger partial charge in [-0.05, 0) is 36.8 Å². The van der Waals surface area contributed by atoms with Gasteiger partial charge in [-0.25, -0.2) is 4.98 Å². The minimum atomic E-state index is -0.351. The predicted molar refractivity (Wildman–Crippen MR) is 104 cm³/mol. The lowest BCUT2D eigenvalue weighted by molar-refractivity contribution is -0.116. The first kappa shape index (κ1) is 17.0. The maximum absolute atomic E-state index is 12.1. The number of nitrogens with zero attached hydrogens (tertiary/aromatic N) is 2. The molecule has 1 aliphatic rings. The molecule has 1 aromatic carbocycles. The largest absolute Gasteiger partial charge is 0.461 e. The SMILES string of the molecule is Cc1ccc(NC(=O)C2=COCO2)cc1Nc1nc(-c2cccnc2)cs1. The molecule has 0 saturated carbocycles. The monoisotopic (exact) mass is 380 g/mol. The number of amides is 1. The molecule has 2 N–H and O–H groups in total. The summed E-state index contributed by atoms with van der Waals surface area (Å²) in [5.41, 5.74) is 4.37. The Balaban J connectivity index is 1.50. The second-order valence-corrected chi connectivity index (χ2v) is 6.66. The summed E-state index contributed by atoms with van der Waals surface area (Å²) in [5, 5.41) is 8.84. The summed E-state index contributed by atoms with van der Waals surface area (Å²) in [5.74, 6) is -0.193. The van der Waals surface area contributed by atoms with Crippen LogP contribution in [0.5, 0.6) is 0 Å². The van der Waals surface area contributed by atoms with Crippen LogP contribution < -0.4 is 10.6 Å². The van der Waals surface area contributed by atoms with E-state index in [1.54, 1.807) is 12.4 Å². The number of rotatable bonds is 5. The summed E-state index contributed by atoms with van der Waals surface area (Å²) in [6, 6.07) is 9.46. The number of anilines is 3. The molecule has 1 aliphatic heterocycles. The maximum atomic E-state index is 12.1. The van der Waals surface area contributed by atoms with Crippen molar-refractivity contribution in [1.29, 1.82) is 0 Å². The molecule has 0 radical (unpaired) electrons. The number of nitrogens with one attached hydrogen (secondary N) is 2. The minimum Gasteiger partial charge on any atom is -0.461 e. The van der Waals surface area contributed by atoms with Crippen molar-refractivity contribution in [2.75, 3.05) is 17.4 Å². The third-order valence-corrected chi connectivity index (χ3v) is 4.65. The van der Waals surface area contributed by atoms with Crippen LogP contribution >= 0.6 is 11.3 Å². The molecule has 8 heteroatoms. The molecular weight excluding hydrogens is 364 g/mol. The van der Waals surface area contributed by atoms with E-state index in [1.165, 1.54) is 17.6 Å². The average molecular weight is 380 g/mol. The van der Waals surface area contributed by atoms with Crippen molar-refractivity contribution in [3.63, 3.8) is 0 Å². The first-order chi connectivity index (χ1) is 13.2. The molecule has 0 fully saturated rings. The second-order valence-electron chi connectivity index (χ2n) is 5.80. The molecule has 0 bridgehead atoms. The first-order valence-electron chi connectivity index (χ1n) is 8.18. The Morgan fingerprint density at radius 2 is 2.22 bits per heavy atom. The van der Waals surface area contributed by atoms with Crippen molar-refractivity contribution in [1.82, 2.24) is 9.97 Å². The molecule has 0 saturated heterocycles. The van der Waals surface area contributed by atoms with Crippen LogP contribution in [0.2, 0.25) is 0 Å². The fraction of sp³-hybridized carbons (Fsp3) is 0.105. The highest BCUT2D eigenvalue weighted by molar-refractivity contribution is 7.14. The maximum Gasteiger partial charge on any atom is 0.294 e. The van der Waals surface area contributed by atoms with Gasteiger partial charge in [0.1, 0.15) is 6.26 Å².